The Labute approximate surface area is 166 Å². The van der Waals surface area contributed by atoms with E-state index in [-0.39, 0.29) is 0 Å². The molecule has 1 aliphatic rings. The molecule has 2 N–H and O–H groups in total. The highest BCUT2D eigenvalue weighted by atomic mass is 32.2. The largest absolute Gasteiger partial charge is 0.312 e. The van der Waals surface area contributed by atoms with E-state index >= 15 is 0 Å². The molecule has 0 spiro atoms. The summed E-state index contributed by atoms with van der Waals surface area (Å²) in [6.07, 6.45) is 5.33. The van der Waals surface area contributed by atoms with E-state index in [2.05, 4.69) is 71.3 Å². The van der Waals surface area contributed by atoms with Crippen molar-refractivity contribution in [2.45, 2.75) is 47.6 Å². The fourth-order valence-corrected chi connectivity index (χ4v) is 5.09. The van der Waals surface area contributed by atoms with E-state index in [1.807, 2.05) is 23.5 Å². The van der Waals surface area contributed by atoms with E-state index in [4.69, 9.17) is 0 Å². The fourth-order valence-electron chi connectivity index (χ4n) is 3.48. The molecule has 0 aromatic heterocycles. The van der Waals surface area contributed by atoms with Crippen molar-refractivity contribution in [3.05, 3.63) is 60.7 Å². The Bertz CT molecular complexity index is 551. The predicted molar refractivity (Wildman–Crippen MR) is 116 cm³/mol. The molecule has 0 unspecified atom stereocenters. The minimum Gasteiger partial charge on any atom is -0.312 e. The van der Waals surface area contributed by atoms with Gasteiger partial charge in [-0.05, 0) is 37.1 Å². The van der Waals surface area contributed by atoms with Crippen molar-refractivity contribution < 1.29 is 0 Å². The Morgan fingerprint density at radius 3 is 1.50 bits per heavy atom. The Morgan fingerprint density at radius 2 is 1.08 bits per heavy atom. The Hall–Kier alpha value is -0.940. The quantitative estimate of drug-likeness (QED) is 0.440. The van der Waals surface area contributed by atoms with Crippen LogP contribution in [-0.2, 0) is 0 Å². The molecule has 26 heavy (non-hydrogen) atoms. The van der Waals surface area contributed by atoms with Gasteiger partial charge in [-0.15, -0.1) is 23.5 Å². The summed E-state index contributed by atoms with van der Waals surface area (Å²) < 4.78 is 0. The minimum atomic E-state index is 0.627. The molecule has 1 aliphatic carbocycles. The molecule has 3 rings (SSSR count). The van der Waals surface area contributed by atoms with Gasteiger partial charge < -0.3 is 10.6 Å². The highest BCUT2D eigenvalue weighted by Crippen LogP contribution is 2.21. The van der Waals surface area contributed by atoms with Crippen LogP contribution >= 0.6 is 23.5 Å². The van der Waals surface area contributed by atoms with Crippen LogP contribution in [-0.4, -0.2) is 36.7 Å². The van der Waals surface area contributed by atoms with E-state index in [1.54, 1.807) is 0 Å². The van der Waals surface area contributed by atoms with Crippen LogP contribution in [0.2, 0.25) is 0 Å². The zero-order valence-electron chi connectivity index (χ0n) is 15.4. The van der Waals surface area contributed by atoms with Gasteiger partial charge in [0.1, 0.15) is 0 Å². The second-order valence-electron chi connectivity index (χ2n) is 6.73. The topological polar surface area (TPSA) is 24.1 Å². The van der Waals surface area contributed by atoms with Crippen LogP contribution < -0.4 is 10.6 Å². The van der Waals surface area contributed by atoms with Crippen LogP contribution in [0.5, 0.6) is 0 Å². The average Bonchev–Trinajstić information content (AvgIpc) is 2.71. The molecule has 1 fully saturated rings. The maximum absolute atomic E-state index is 3.81. The van der Waals surface area contributed by atoms with Crippen molar-refractivity contribution in [1.82, 2.24) is 10.6 Å². The summed E-state index contributed by atoms with van der Waals surface area (Å²) in [6, 6.07) is 22.7. The van der Waals surface area contributed by atoms with E-state index in [0.29, 0.717) is 12.1 Å². The maximum atomic E-state index is 3.81. The number of benzene rings is 2. The summed E-state index contributed by atoms with van der Waals surface area (Å²) in [5, 5.41) is 7.62. The van der Waals surface area contributed by atoms with Gasteiger partial charge in [0.2, 0.25) is 0 Å². The normalized spacial score (nSPS) is 20.2. The lowest BCUT2D eigenvalue weighted by Gasteiger charge is -2.33. The summed E-state index contributed by atoms with van der Waals surface area (Å²) in [7, 11) is 0. The smallest absolute Gasteiger partial charge is 0.0221 e. The third kappa shape index (κ3) is 6.99. The second kappa shape index (κ2) is 11.7. The molecular weight excluding hydrogens is 356 g/mol. The molecule has 2 aromatic carbocycles. The Balaban J connectivity index is 1.33. The number of rotatable bonds is 10. The van der Waals surface area contributed by atoms with Crippen LogP contribution in [0.25, 0.3) is 0 Å². The molecule has 1 saturated carbocycles. The lowest BCUT2D eigenvalue weighted by Crippen LogP contribution is -2.50. The molecule has 0 radical (unpaired) electrons. The van der Waals surface area contributed by atoms with E-state index in [0.717, 1.165) is 24.6 Å². The zero-order valence-corrected chi connectivity index (χ0v) is 17.0. The first-order chi connectivity index (χ1) is 12.9. The van der Waals surface area contributed by atoms with Gasteiger partial charge in [-0.2, -0.15) is 0 Å². The van der Waals surface area contributed by atoms with Crippen molar-refractivity contribution >= 4 is 23.5 Å². The molecule has 2 nitrogen and oxygen atoms in total. The molecule has 0 heterocycles. The lowest BCUT2D eigenvalue weighted by molar-refractivity contribution is 0.292. The van der Waals surface area contributed by atoms with Crippen molar-refractivity contribution in [2.75, 3.05) is 24.6 Å². The van der Waals surface area contributed by atoms with Gasteiger partial charge >= 0.3 is 0 Å². The van der Waals surface area contributed by atoms with Gasteiger partial charge in [-0.1, -0.05) is 49.2 Å². The maximum Gasteiger partial charge on any atom is 0.0221 e. The summed E-state index contributed by atoms with van der Waals surface area (Å²) >= 11 is 3.89. The first kappa shape index (κ1) is 19.8. The highest BCUT2D eigenvalue weighted by Gasteiger charge is 2.23. The lowest BCUT2D eigenvalue weighted by atomic mass is 9.90. The number of hydrogen-bond donors (Lipinski definition) is 2. The first-order valence-electron chi connectivity index (χ1n) is 9.74. The predicted octanol–water partition coefficient (Wildman–Crippen LogP) is 5.06. The SMILES string of the molecule is c1ccc(SCCN[C@@H]2CCCC[C@H]2NCCSc2ccccc2)cc1. The molecule has 2 aromatic rings. The van der Waals surface area contributed by atoms with Crippen molar-refractivity contribution in [2.24, 2.45) is 0 Å². The number of hydrogen-bond acceptors (Lipinski definition) is 4. The monoisotopic (exact) mass is 386 g/mol. The molecule has 0 saturated heterocycles. The average molecular weight is 387 g/mol. The Kier molecular flexibility index (Phi) is 8.92. The van der Waals surface area contributed by atoms with Gasteiger partial charge in [-0.25, -0.2) is 0 Å². The molecule has 4 heteroatoms. The van der Waals surface area contributed by atoms with Crippen molar-refractivity contribution in [1.29, 1.82) is 0 Å². The van der Waals surface area contributed by atoms with Crippen LogP contribution in [0.1, 0.15) is 25.7 Å². The minimum absolute atomic E-state index is 0.627. The van der Waals surface area contributed by atoms with E-state index in [9.17, 15) is 0 Å². The van der Waals surface area contributed by atoms with Crippen LogP contribution in [0.3, 0.4) is 0 Å². The van der Waals surface area contributed by atoms with Crippen LogP contribution in [0, 0.1) is 0 Å². The van der Waals surface area contributed by atoms with E-state index in [1.165, 1.54) is 35.5 Å². The summed E-state index contributed by atoms with van der Waals surface area (Å²) in [6.45, 7) is 2.17. The molecule has 0 aliphatic heterocycles. The standard InChI is InChI=1S/C22H30N2S2/c1-3-9-19(10-4-1)25-17-15-23-21-13-7-8-14-22(21)24-16-18-26-20-11-5-2-6-12-20/h1-6,9-12,21-24H,7-8,13-18H2/t21-,22-/m1/s1. The molecule has 140 valence electrons. The molecule has 2 atom stereocenters. The highest BCUT2D eigenvalue weighted by molar-refractivity contribution is 7.99. The van der Waals surface area contributed by atoms with Crippen LogP contribution in [0.15, 0.2) is 70.5 Å². The third-order valence-corrected chi connectivity index (χ3v) is 6.83. The van der Waals surface area contributed by atoms with Crippen molar-refractivity contribution in [3.8, 4) is 0 Å². The third-order valence-electron chi connectivity index (χ3n) is 4.81. The summed E-state index contributed by atoms with van der Waals surface area (Å²) in [4.78, 5) is 2.73. The Morgan fingerprint density at radius 1 is 0.654 bits per heavy atom. The van der Waals surface area contributed by atoms with Gasteiger partial charge in [0.15, 0.2) is 0 Å². The van der Waals surface area contributed by atoms with Gasteiger partial charge in [0.25, 0.3) is 0 Å². The zero-order chi connectivity index (χ0) is 17.9. The fraction of sp³-hybridized carbons (Fsp3) is 0.455. The summed E-state index contributed by atoms with van der Waals surface area (Å²) in [5.41, 5.74) is 0. The van der Waals surface area contributed by atoms with Gasteiger partial charge in [0, 0.05) is 46.5 Å². The van der Waals surface area contributed by atoms with E-state index < -0.39 is 0 Å². The molecular formula is C22H30N2S2. The molecule has 0 amide bonds. The first-order valence-corrected chi connectivity index (χ1v) is 11.7. The molecule has 0 bridgehead atoms. The second-order valence-corrected chi connectivity index (χ2v) is 9.07. The van der Waals surface area contributed by atoms with Gasteiger partial charge in [-0.3, -0.25) is 0 Å². The summed E-state index contributed by atoms with van der Waals surface area (Å²) in [5.74, 6) is 2.27. The van der Waals surface area contributed by atoms with Crippen LogP contribution in [0.4, 0.5) is 0 Å². The van der Waals surface area contributed by atoms with Gasteiger partial charge in [0.05, 0.1) is 0 Å². The number of nitrogens with one attached hydrogen (secondary N) is 2. The van der Waals surface area contributed by atoms with Crippen molar-refractivity contribution in [3.63, 3.8) is 0 Å². The number of thioether (sulfide) groups is 2.